The van der Waals surface area contributed by atoms with Gasteiger partial charge in [-0.25, -0.2) is 0 Å². The molecule has 0 aromatic heterocycles. The van der Waals surface area contributed by atoms with Gasteiger partial charge < -0.3 is 9.84 Å². The molecule has 3 atom stereocenters. The van der Waals surface area contributed by atoms with Crippen LogP contribution in [0.5, 0.6) is 5.75 Å². The number of phenolic OH excluding ortho intramolecular Hbond substituents is 1. The van der Waals surface area contributed by atoms with E-state index < -0.39 is 0 Å². The summed E-state index contributed by atoms with van der Waals surface area (Å²) in [5, 5.41) is 9.74. The number of benzene rings is 1. The average molecular weight is 275 g/mol. The van der Waals surface area contributed by atoms with E-state index in [9.17, 15) is 5.11 Å². The number of phenols is 1. The molecule has 1 aromatic carbocycles. The summed E-state index contributed by atoms with van der Waals surface area (Å²) in [6.07, 6.45) is 2.71. The number of ether oxygens (including phenoxy) is 1. The summed E-state index contributed by atoms with van der Waals surface area (Å²) in [6, 6.07) is 8.00. The van der Waals surface area contributed by atoms with Crippen LogP contribution in [0, 0.1) is 11.8 Å². The third-order valence-corrected chi connectivity index (χ3v) is 4.49. The average Bonchev–Trinajstić information content (AvgIpc) is 2.43. The van der Waals surface area contributed by atoms with Gasteiger partial charge in [-0.05, 0) is 42.5 Å². The zero-order valence-electron chi connectivity index (χ0n) is 12.5. The summed E-state index contributed by atoms with van der Waals surface area (Å²) >= 11 is 0. The van der Waals surface area contributed by atoms with Gasteiger partial charge in [-0.3, -0.25) is 4.90 Å². The zero-order valence-corrected chi connectivity index (χ0v) is 12.5. The van der Waals surface area contributed by atoms with Crippen LogP contribution < -0.4 is 0 Å². The van der Waals surface area contributed by atoms with Crippen molar-refractivity contribution in [1.82, 2.24) is 4.90 Å². The second-order valence-electron chi connectivity index (χ2n) is 5.74. The number of nitrogens with zero attached hydrogens (tertiary/aromatic N) is 1. The lowest BCUT2D eigenvalue weighted by Gasteiger charge is -2.43. The van der Waals surface area contributed by atoms with Gasteiger partial charge in [0.2, 0.25) is 0 Å². The molecule has 0 spiro atoms. The Labute approximate surface area is 121 Å². The maximum absolute atomic E-state index is 9.74. The van der Waals surface area contributed by atoms with E-state index in [1.165, 1.54) is 18.2 Å². The summed E-state index contributed by atoms with van der Waals surface area (Å²) in [7, 11) is 0. The summed E-state index contributed by atoms with van der Waals surface area (Å²) < 4.78 is 5.28. The van der Waals surface area contributed by atoms with E-state index in [0.29, 0.717) is 30.2 Å². The molecule has 3 nitrogen and oxygen atoms in total. The van der Waals surface area contributed by atoms with Crippen LogP contribution in [0.1, 0.15) is 31.9 Å². The Morgan fingerprint density at radius 3 is 2.95 bits per heavy atom. The monoisotopic (exact) mass is 275 g/mol. The third-order valence-electron chi connectivity index (χ3n) is 4.49. The molecule has 0 radical (unpaired) electrons. The lowest BCUT2D eigenvalue weighted by atomic mass is 9.79. The lowest BCUT2D eigenvalue weighted by molar-refractivity contribution is 0.0462. The Hall–Kier alpha value is -1.48. The van der Waals surface area contributed by atoms with Crippen LogP contribution in [0.2, 0.25) is 0 Å². The van der Waals surface area contributed by atoms with Gasteiger partial charge in [0.05, 0.1) is 12.9 Å². The number of hydrogen-bond donors (Lipinski definition) is 1. The molecule has 0 aliphatic carbocycles. The first kappa shape index (κ1) is 14.9. The highest BCUT2D eigenvalue weighted by Crippen LogP contribution is 2.39. The smallest absolute Gasteiger partial charge is 0.115 e. The topological polar surface area (TPSA) is 32.7 Å². The van der Waals surface area contributed by atoms with Crippen LogP contribution in [-0.2, 0) is 4.74 Å². The van der Waals surface area contributed by atoms with Crippen LogP contribution in [0.25, 0.3) is 0 Å². The number of aromatic hydroxyl groups is 1. The standard InChI is InChI=1S/C17H25NO2/c1-4-20-11-10-18-9-8-13(2)14(3)17(18)15-6-5-7-16(19)12-15/h4-7,12-14,17,19H,1,8-11H2,2-3H3/t13-,14+,17?/m0/s1. The van der Waals surface area contributed by atoms with Crippen molar-refractivity contribution in [3.05, 3.63) is 42.7 Å². The minimum Gasteiger partial charge on any atom is -0.508 e. The maximum Gasteiger partial charge on any atom is 0.115 e. The fourth-order valence-corrected chi connectivity index (χ4v) is 3.14. The van der Waals surface area contributed by atoms with Crippen molar-refractivity contribution < 1.29 is 9.84 Å². The van der Waals surface area contributed by atoms with E-state index in [1.807, 2.05) is 12.1 Å². The van der Waals surface area contributed by atoms with Crippen LogP contribution >= 0.6 is 0 Å². The fraction of sp³-hybridized carbons (Fsp3) is 0.529. The van der Waals surface area contributed by atoms with Crippen molar-refractivity contribution >= 4 is 0 Å². The minimum atomic E-state index is 0.343. The molecule has 0 bridgehead atoms. The molecule has 1 heterocycles. The second-order valence-corrected chi connectivity index (χ2v) is 5.74. The van der Waals surface area contributed by atoms with Crippen molar-refractivity contribution in [2.75, 3.05) is 19.7 Å². The summed E-state index contributed by atoms with van der Waals surface area (Å²) in [5.74, 6) is 1.60. The normalized spacial score (nSPS) is 27.2. The lowest BCUT2D eigenvalue weighted by Crippen LogP contribution is -2.42. The molecule has 1 fully saturated rings. The SMILES string of the molecule is C=COCCN1CC[C@H](C)[C@@H](C)C1c1cccc(O)c1. The van der Waals surface area contributed by atoms with Gasteiger partial charge in [0.25, 0.3) is 0 Å². The Balaban J connectivity index is 2.18. The zero-order chi connectivity index (χ0) is 14.5. The number of likely N-dealkylation sites (tertiary alicyclic amines) is 1. The van der Waals surface area contributed by atoms with Gasteiger partial charge >= 0.3 is 0 Å². The van der Waals surface area contributed by atoms with E-state index in [1.54, 1.807) is 6.07 Å². The predicted octanol–water partition coefficient (Wildman–Crippen LogP) is 3.57. The molecule has 0 amide bonds. The summed E-state index contributed by atoms with van der Waals surface area (Å²) in [5.41, 5.74) is 1.20. The molecule has 1 aliphatic heterocycles. The van der Waals surface area contributed by atoms with Crippen LogP contribution in [0.4, 0.5) is 0 Å². The Kier molecular flexibility index (Phi) is 5.07. The van der Waals surface area contributed by atoms with Crippen LogP contribution in [0.3, 0.4) is 0 Å². The Morgan fingerprint density at radius 2 is 2.25 bits per heavy atom. The molecule has 1 N–H and O–H groups in total. The molecule has 1 unspecified atom stereocenters. The van der Waals surface area contributed by atoms with Crippen LogP contribution in [-0.4, -0.2) is 29.7 Å². The second kappa shape index (κ2) is 6.80. The van der Waals surface area contributed by atoms with Gasteiger partial charge in [0, 0.05) is 12.6 Å². The minimum absolute atomic E-state index is 0.343. The van der Waals surface area contributed by atoms with E-state index in [-0.39, 0.29) is 0 Å². The van der Waals surface area contributed by atoms with E-state index >= 15 is 0 Å². The fourth-order valence-electron chi connectivity index (χ4n) is 3.14. The molecule has 2 rings (SSSR count). The summed E-state index contributed by atoms with van der Waals surface area (Å²) in [4.78, 5) is 2.46. The largest absolute Gasteiger partial charge is 0.508 e. The van der Waals surface area contributed by atoms with E-state index in [4.69, 9.17) is 4.74 Å². The molecular formula is C17H25NO2. The number of rotatable bonds is 5. The Morgan fingerprint density at radius 1 is 1.45 bits per heavy atom. The van der Waals surface area contributed by atoms with Crippen molar-refractivity contribution in [2.24, 2.45) is 11.8 Å². The van der Waals surface area contributed by atoms with Crippen molar-refractivity contribution in [3.63, 3.8) is 0 Å². The summed E-state index contributed by atoms with van der Waals surface area (Å²) in [6.45, 7) is 10.8. The molecule has 1 saturated heterocycles. The highest BCUT2D eigenvalue weighted by atomic mass is 16.5. The van der Waals surface area contributed by atoms with E-state index in [2.05, 4.69) is 31.4 Å². The molecular weight excluding hydrogens is 250 g/mol. The van der Waals surface area contributed by atoms with Crippen molar-refractivity contribution in [2.45, 2.75) is 26.3 Å². The van der Waals surface area contributed by atoms with E-state index in [0.717, 1.165) is 13.1 Å². The first-order valence-corrected chi connectivity index (χ1v) is 7.39. The molecule has 110 valence electrons. The molecule has 20 heavy (non-hydrogen) atoms. The number of piperidine rings is 1. The highest BCUT2D eigenvalue weighted by molar-refractivity contribution is 5.30. The first-order chi connectivity index (χ1) is 9.63. The van der Waals surface area contributed by atoms with Crippen molar-refractivity contribution in [1.29, 1.82) is 0 Å². The van der Waals surface area contributed by atoms with Gasteiger partial charge in [0.15, 0.2) is 0 Å². The first-order valence-electron chi connectivity index (χ1n) is 7.39. The van der Waals surface area contributed by atoms with Crippen molar-refractivity contribution in [3.8, 4) is 5.75 Å². The van der Waals surface area contributed by atoms with Gasteiger partial charge in [0.1, 0.15) is 5.75 Å². The highest BCUT2D eigenvalue weighted by Gasteiger charge is 2.33. The quantitative estimate of drug-likeness (QED) is 0.658. The molecule has 0 saturated carbocycles. The van der Waals surface area contributed by atoms with Gasteiger partial charge in [-0.1, -0.05) is 32.6 Å². The third kappa shape index (κ3) is 3.34. The molecule has 1 aromatic rings. The maximum atomic E-state index is 9.74. The predicted molar refractivity (Wildman–Crippen MR) is 81.5 cm³/mol. The Bertz CT molecular complexity index is 446. The van der Waals surface area contributed by atoms with Gasteiger partial charge in [-0.2, -0.15) is 0 Å². The molecule has 3 heteroatoms. The molecule has 1 aliphatic rings. The number of hydrogen-bond acceptors (Lipinski definition) is 3. The van der Waals surface area contributed by atoms with Crippen LogP contribution in [0.15, 0.2) is 37.1 Å². The van der Waals surface area contributed by atoms with Gasteiger partial charge in [-0.15, -0.1) is 0 Å².